The zero-order chi connectivity index (χ0) is 13.2. The molecular formula is C15H25IO. The molecule has 0 amide bonds. The van der Waals surface area contributed by atoms with Crippen LogP contribution < -0.4 is 0 Å². The molecule has 0 bridgehead atoms. The van der Waals surface area contributed by atoms with Crippen LogP contribution in [-0.4, -0.2) is 10.2 Å². The Hall–Kier alpha value is 0.140. The molecule has 1 aliphatic rings. The second-order valence-electron chi connectivity index (χ2n) is 6.38. The van der Waals surface area contributed by atoms with Crippen LogP contribution >= 0.6 is 22.6 Å². The molecule has 17 heavy (non-hydrogen) atoms. The number of hydrogen-bond donors (Lipinski definition) is 0. The summed E-state index contributed by atoms with van der Waals surface area (Å²) in [4.78, 5) is 12.6. The van der Waals surface area contributed by atoms with Crippen molar-refractivity contribution in [1.29, 1.82) is 0 Å². The molecule has 98 valence electrons. The Morgan fingerprint density at radius 2 is 2.18 bits per heavy atom. The van der Waals surface area contributed by atoms with Crippen LogP contribution in [0.2, 0.25) is 0 Å². The highest BCUT2D eigenvalue weighted by Crippen LogP contribution is 2.44. The van der Waals surface area contributed by atoms with E-state index in [0.29, 0.717) is 11.7 Å². The summed E-state index contributed by atoms with van der Waals surface area (Å²) in [6.07, 6.45) is 3.23. The van der Waals surface area contributed by atoms with Crippen molar-refractivity contribution >= 4 is 28.4 Å². The van der Waals surface area contributed by atoms with E-state index in [1.807, 2.05) is 0 Å². The lowest BCUT2D eigenvalue weighted by Gasteiger charge is -2.42. The van der Waals surface area contributed by atoms with E-state index in [1.54, 1.807) is 0 Å². The third kappa shape index (κ3) is 3.55. The molecule has 2 heteroatoms. The Balaban J connectivity index is 2.78. The maximum atomic E-state index is 12.6. The highest BCUT2D eigenvalue weighted by molar-refractivity contribution is 14.1. The maximum Gasteiger partial charge on any atom is 0.140 e. The zero-order valence-corrected chi connectivity index (χ0v) is 13.7. The van der Waals surface area contributed by atoms with Crippen LogP contribution in [-0.2, 0) is 4.79 Å². The topological polar surface area (TPSA) is 17.1 Å². The summed E-state index contributed by atoms with van der Waals surface area (Å²) in [6, 6.07) is 0. The van der Waals surface area contributed by atoms with Crippen LogP contribution in [0, 0.1) is 23.2 Å². The van der Waals surface area contributed by atoms with Crippen LogP contribution in [0.4, 0.5) is 0 Å². The third-order valence-electron chi connectivity index (χ3n) is 4.26. The highest BCUT2D eigenvalue weighted by Gasteiger charge is 2.43. The summed E-state index contributed by atoms with van der Waals surface area (Å²) in [5.41, 5.74) is 1.39. The van der Waals surface area contributed by atoms with Crippen LogP contribution in [0.1, 0.15) is 47.0 Å². The molecule has 0 saturated heterocycles. The van der Waals surface area contributed by atoms with Crippen molar-refractivity contribution in [2.75, 3.05) is 4.43 Å². The summed E-state index contributed by atoms with van der Waals surface area (Å²) in [5.74, 6) is 1.47. The Kier molecular flexibility index (Phi) is 5.23. The number of halogens is 1. The molecule has 1 unspecified atom stereocenters. The average molecular weight is 348 g/mol. The van der Waals surface area contributed by atoms with Gasteiger partial charge in [-0.1, -0.05) is 48.9 Å². The zero-order valence-electron chi connectivity index (χ0n) is 11.6. The third-order valence-corrected chi connectivity index (χ3v) is 5.14. The largest absolute Gasteiger partial charge is 0.299 e. The van der Waals surface area contributed by atoms with Crippen molar-refractivity contribution < 1.29 is 4.79 Å². The highest BCUT2D eigenvalue weighted by atomic mass is 127. The minimum Gasteiger partial charge on any atom is -0.299 e. The first-order valence-corrected chi connectivity index (χ1v) is 8.06. The van der Waals surface area contributed by atoms with E-state index < -0.39 is 0 Å². The first-order chi connectivity index (χ1) is 7.79. The fourth-order valence-corrected chi connectivity index (χ4v) is 4.66. The van der Waals surface area contributed by atoms with Crippen LogP contribution in [0.15, 0.2) is 12.2 Å². The van der Waals surface area contributed by atoms with E-state index in [0.717, 1.165) is 17.3 Å². The monoisotopic (exact) mass is 348 g/mol. The second-order valence-corrected chi connectivity index (χ2v) is 7.26. The first-order valence-electron chi connectivity index (χ1n) is 6.53. The van der Waals surface area contributed by atoms with Gasteiger partial charge in [0.1, 0.15) is 5.78 Å². The number of hydrogen-bond acceptors (Lipinski definition) is 1. The minimum absolute atomic E-state index is 0.192. The van der Waals surface area contributed by atoms with Gasteiger partial charge >= 0.3 is 0 Å². The maximum absolute atomic E-state index is 12.6. The number of carbonyl (C=O) groups is 1. The van der Waals surface area contributed by atoms with Gasteiger partial charge in [0.25, 0.3) is 0 Å². The summed E-state index contributed by atoms with van der Waals surface area (Å²) in [6.45, 7) is 12.7. The molecule has 1 saturated carbocycles. The molecule has 0 aromatic carbocycles. The number of carbonyl (C=O) groups excluding carboxylic acids is 1. The number of allylic oxidation sites excluding steroid dienone is 1. The average Bonchev–Trinajstić information content (AvgIpc) is 2.15. The van der Waals surface area contributed by atoms with E-state index >= 15 is 0 Å². The standard InChI is InChI=1S/C15H25IO/c1-10(2)8-11(3)12-6-7-15(4,5)13(9-16)14(12)17/h11-13H,1,6-9H2,2-5H3/t11-,12-,13?/m1/s1. The molecule has 0 heterocycles. The number of rotatable bonds is 4. The molecule has 1 nitrogen and oxygen atoms in total. The Morgan fingerprint density at radius 3 is 2.65 bits per heavy atom. The van der Waals surface area contributed by atoms with Gasteiger partial charge in [0.2, 0.25) is 0 Å². The fourth-order valence-electron chi connectivity index (χ4n) is 3.03. The molecule has 0 spiro atoms. The molecule has 0 aromatic heterocycles. The molecule has 0 N–H and O–H groups in total. The molecule has 1 aliphatic carbocycles. The molecule has 0 aromatic rings. The number of alkyl halides is 1. The lowest BCUT2D eigenvalue weighted by Crippen LogP contribution is -2.43. The van der Waals surface area contributed by atoms with Crippen LogP contribution in [0.25, 0.3) is 0 Å². The fraction of sp³-hybridized carbons (Fsp3) is 0.800. The van der Waals surface area contributed by atoms with Gasteiger partial charge in [-0.2, -0.15) is 0 Å². The Labute approximate surface area is 120 Å². The van der Waals surface area contributed by atoms with Crippen molar-refractivity contribution in [3.8, 4) is 0 Å². The minimum atomic E-state index is 0.192. The van der Waals surface area contributed by atoms with Crippen LogP contribution in [0.3, 0.4) is 0 Å². The molecule has 3 atom stereocenters. The van der Waals surface area contributed by atoms with Gasteiger partial charge in [-0.25, -0.2) is 0 Å². The summed E-state index contributed by atoms with van der Waals surface area (Å²) in [7, 11) is 0. The smallest absolute Gasteiger partial charge is 0.140 e. The van der Waals surface area contributed by atoms with Crippen molar-refractivity contribution in [3.63, 3.8) is 0 Å². The summed E-state index contributed by atoms with van der Waals surface area (Å²) < 4.78 is 0.958. The van der Waals surface area contributed by atoms with E-state index in [4.69, 9.17) is 0 Å². The summed E-state index contributed by atoms with van der Waals surface area (Å²) in [5, 5.41) is 0. The van der Waals surface area contributed by atoms with Gasteiger partial charge in [-0.15, -0.1) is 6.58 Å². The molecule has 1 fully saturated rings. The SMILES string of the molecule is C=C(C)C[C@@H](C)[C@H]1CCC(C)(C)C(CI)C1=O. The second kappa shape index (κ2) is 5.85. The lowest BCUT2D eigenvalue weighted by atomic mass is 9.62. The van der Waals surface area contributed by atoms with Crippen molar-refractivity contribution in [3.05, 3.63) is 12.2 Å². The van der Waals surface area contributed by atoms with Crippen molar-refractivity contribution in [2.24, 2.45) is 23.2 Å². The predicted molar refractivity (Wildman–Crippen MR) is 82.5 cm³/mol. The first kappa shape index (κ1) is 15.2. The van der Waals surface area contributed by atoms with Gasteiger partial charge in [0.05, 0.1) is 0 Å². The van der Waals surface area contributed by atoms with Gasteiger partial charge in [0, 0.05) is 16.3 Å². The number of Topliss-reactive ketones (excluding diaryl/α,β-unsaturated/α-hetero) is 1. The van der Waals surface area contributed by atoms with Gasteiger partial charge in [-0.3, -0.25) is 4.79 Å². The Morgan fingerprint density at radius 1 is 1.59 bits per heavy atom. The van der Waals surface area contributed by atoms with E-state index in [1.165, 1.54) is 12.0 Å². The van der Waals surface area contributed by atoms with Crippen molar-refractivity contribution in [2.45, 2.75) is 47.0 Å². The molecule has 1 rings (SSSR count). The van der Waals surface area contributed by atoms with Gasteiger partial charge in [-0.05, 0) is 37.5 Å². The van der Waals surface area contributed by atoms with Gasteiger partial charge < -0.3 is 0 Å². The quantitative estimate of drug-likeness (QED) is 0.411. The van der Waals surface area contributed by atoms with Gasteiger partial charge in [0.15, 0.2) is 0 Å². The lowest BCUT2D eigenvalue weighted by molar-refractivity contribution is -0.135. The Bertz CT molecular complexity index is 306. The molecule has 0 radical (unpaired) electrons. The van der Waals surface area contributed by atoms with Crippen molar-refractivity contribution in [1.82, 2.24) is 0 Å². The van der Waals surface area contributed by atoms with E-state index in [2.05, 4.69) is 56.9 Å². The summed E-state index contributed by atoms with van der Waals surface area (Å²) >= 11 is 2.37. The molecule has 0 aliphatic heterocycles. The van der Waals surface area contributed by atoms with E-state index in [9.17, 15) is 4.79 Å². The van der Waals surface area contributed by atoms with E-state index in [-0.39, 0.29) is 17.3 Å². The van der Waals surface area contributed by atoms with Crippen LogP contribution in [0.5, 0.6) is 0 Å². The predicted octanol–water partition coefficient (Wildman–Crippen LogP) is 4.65. The normalized spacial score (nSPS) is 30.1. The molecular weight excluding hydrogens is 323 g/mol. The number of ketones is 1.